The molecule has 3 rings (SSSR count). The fourth-order valence-corrected chi connectivity index (χ4v) is 3.56. The van der Waals surface area contributed by atoms with Crippen LogP contribution in [0.3, 0.4) is 0 Å². The van der Waals surface area contributed by atoms with Gasteiger partial charge < -0.3 is 14.8 Å². The van der Waals surface area contributed by atoms with Gasteiger partial charge in [-0.15, -0.1) is 0 Å². The van der Waals surface area contributed by atoms with Gasteiger partial charge in [-0.05, 0) is 37.6 Å². The van der Waals surface area contributed by atoms with Crippen molar-refractivity contribution < 1.29 is 14.3 Å². The highest BCUT2D eigenvalue weighted by atomic mass is 35.5. The molecular weight excluding hydrogens is 376 g/mol. The number of carbonyl (C=O) groups excluding carboxylic acids is 1. The van der Waals surface area contributed by atoms with Crippen molar-refractivity contribution >= 4 is 28.4 Å². The number of ether oxygens (including phenoxy) is 2. The van der Waals surface area contributed by atoms with Crippen molar-refractivity contribution in [2.45, 2.75) is 26.2 Å². The maximum atomic E-state index is 13.2. The number of methoxy groups -OCH3 is 2. The summed E-state index contributed by atoms with van der Waals surface area (Å²) in [5, 5.41) is 4.39. The van der Waals surface area contributed by atoms with E-state index in [-0.39, 0.29) is 11.9 Å². The molecule has 0 aliphatic heterocycles. The average Bonchev–Trinajstić information content (AvgIpc) is 2.68. The number of amides is 1. The SMILES string of the molecule is COC(OC)[C@@H](C)NC(=O)c1c(C)c(-c2cccc(Cl)c2)nc2ccccc12. The Bertz CT molecular complexity index is 1000. The number of para-hydroxylation sites is 1. The third-order valence-corrected chi connectivity index (χ3v) is 4.93. The molecular formula is C22H23ClN2O3. The van der Waals surface area contributed by atoms with Gasteiger partial charge in [0.05, 0.1) is 22.8 Å². The summed E-state index contributed by atoms with van der Waals surface area (Å²) in [5.74, 6) is -0.203. The molecule has 0 fully saturated rings. The molecule has 2 aromatic carbocycles. The predicted octanol–water partition coefficient (Wildman–Crippen LogP) is 4.60. The van der Waals surface area contributed by atoms with E-state index in [4.69, 9.17) is 26.1 Å². The maximum Gasteiger partial charge on any atom is 0.252 e. The predicted molar refractivity (Wildman–Crippen MR) is 112 cm³/mol. The molecule has 0 saturated carbocycles. The Kier molecular flexibility index (Phi) is 6.29. The Morgan fingerprint density at radius 2 is 1.82 bits per heavy atom. The summed E-state index contributed by atoms with van der Waals surface area (Å²) >= 11 is 6.17. The van der Waals surface area contributed by atoms with Crippen molar-refractivity contribution in [3.8, 4) is 11.3 Å². The molecule has 1 aromatic heterocycles. The van der Waals surface area contributed by atoms with E-state index in [0.29, 0.717) is 10.6 Å². The number of benzene rings is 2. The summed E-state index contributed by atoms with van der Waals surface area (Å²) in [4.78, 5) is 18.0. The number of rotatable bonds is 6. The lowest BCUT2D eigenvalue weighted by Gasteiger charge is -2.23. The van der Waals surface area contributed by atoms with Crippen LogP contribution in [0.25, 0.3) is 22.2 Å². The topological polar surface area (TPSA) is 60.5 Å². The number of carbonyl (C=O) groups is 1. The molecule has 5 nitrogen and oxygen atoms in total. The number of pyridine rings is 1. The quantitative estimate of drug-likeness (QED) is 0.616. The standard InChI is InChI=1S/C22H23ClN2O3/c1-13-19(21(26)24-14(2)22(27-3)28-4)17-10-5-6-11-18(17)25-20(13)15-8-7-9-16(23)12-15/h5-12,14,22H,1-4H3,(H,24,26)/t14-/m1/s1. The Hall–Kier alpha value is -2.47. The van der Waals surface area contributed by atoms with E-state index in [9.17, 15) is 4.79 Å². The minimum absolute atomic E-state index is 0.203. The summed E-state index contributed by atoms with van der Waals surface area (Å²) in [6.45, 7) is 3.74. The van der Waals surface area contributed by atoms with E-state index >= 15 is 0 Å². The van der Waals surface area contributed by atoms with Gasteiger partial charge in [-0.2, -0.15) is 0 Å². The molecule has 3 aromatic rings. The van der Waals surface area contributed by atoms with Crippen LogP contribution < -0.4 is 5.32 Å². The van der Waals surface area contributed by atoms with Crippen LogP contribution in [0, 0.1) is 6.92 Å². The summed E-state index contributed by atoms with van der Waals surface area (Å²) < 4.78 is 10.5. The normalized spacial score (nSPS) is 12.4. The van der Waals surface area contributed by atoms with Crippen molar-refractivity contribution in [2.75, 3.05) is 14.2 Å². The van der Waals surface area contributed by atoms with Crippen LogP contribution in [-0.2, 0) is 9.47 Å². The molecule has 0 aliphatic carbocycles. The van der Waals surface area contributed by atoms with Crippen LogP contribution in [0.2, 0.25) is 5.02 Å². The smallest absolute Gasteiger partial charge is 0.252 e. The fraction of sp³-hybridized carbons (Fsp3) is 0.273. The first-order valence-electron chi connectivity index (χ1n) is 8.98. The molecule has 0 aliphatic rings. The van der Waals surface area contributed by atoms with Crippen LogP contribution in [0.4, 0.5) is 0 Å². The number of hydrogen-bond acceptors (Lipinski definition) is 4. The van der Waals surface area contributed by atoms with Gasteiger partial charge in [0.1, 0.15) is 0 Å². The molecule has 0 spiro atoms. The molecule has 28 heavy (non-hydrogen) atoms. The van der Waals surface area contributed by atoms with Crippen molar-refractivity contribution in [1.29, 1.82) is 0 Å². The molecule has 146 valence electrons. The zero-order chi connectivity index (χ0) is 20.3. The van der Waals surface area contributed by atoms with Crippen molar-refractivity contribution in [2.24, 2.45) is 0 Å². The average molecular weight is 399 g/mol. The zero-order valence-corrected chi connectivity index (χ0v) is 17.1. The van der Waals surface area contributed by atoms with Crippen LogP contribution in [0.5, 0.6) is 0 Å². The van der Waals surface area contributed by atoms with E-state index in [0.717, 1.165) is 27.7 Å². The van der Waals surface area contributed by atoms with Gasteiger partial charge in [0.2, 0.25) is 0 Å². The van der Waals surface area contributed by atoms with Gasteiger partial charge in [-0.25, -0.2) is 4.98 Å². The number of hydrogen-bond donors (Lipinski definition) is 1. The molecule has 1 atom stereocenters. The summed E-state index contributed by atoms with van der Waals surface area (Å²) in [7, 11) is 3.09. The Labute approximate surface area is 169 Å². The third kappa shape index (κ3) is 4.02. The first-order valence-corrected chi connectivity index (χ1v) is 9.35. The number of aromatic nitrogens is 1. The van der Waals surface area contributed by atoms with E-state index in [1.54, 1.807) is 14.2 Å². The molecule has 1 amide bonds. The second-order valence-electron chi connectivity index (χ2n) is 6.59. The summed E-state index contributed by atoms with van der Waals surface area (Å²) in [6, 6.07) is 14.7. The lowest BCUT2D eigenvalue weighted by Crippen LogP contribution is -2.43. The highest BCUT2D eigenvalue weighted by Gasteiger charge is 2.23. The van der Waals surface area contributed by atoms with Crippen LogP contribution in [0.1, 0.15) is 22.8 Å². The van der Waals surface area contributed by atoms with Crippen LogP contribution in [0.15, 0.2) is 48.5 Å². The summed E-state index contributed by atoms with van der Waals surface area (Å²) in [6.07, 6.45) is -0.537. The second kappa shape index (κ2) is 8.69. The molecule has 1 N–H and O–H groups in total. The number of halogens is 1. The Morgan fingerprint density at radius 3 is 2.50 bits per heavy atom. The molecule has 1 heterocycles. The minimum atomic E-state index is -0.537. The highest BCUT2D eigenvalue weighted by Crippen LogP contribution is 2.31. The van der Waals surface area contributed by atoms with E-state index in [1.165, 1.54) is 0 Å². The first-order chi connectivity index (χ1) is 13.5. The third-order valence-electron chi connectivity index (χ3n) is 4.69. The number of nitrogens with zero attached hydrogens (tertiary/aromatic N) is 1. The molecule has 0 saturated heterocycles. The largest absolute Gasteiger partial charge is 0.354 e. The van der Waals surface area contributed by atoms with E-state index in [1.807, 2.05) is 62.4 Å². The van der Waals surface area contributed by atoms with Crippen molar-refractivity contribution in [3.63, 3.8) is 0 Å². The van der Waals surface area contributed by atoms with E-state index < -0.39 is 6.29 Å². The maximum absolute atomic E-state index is 13.2. The van der Waals surface area contributed by atoms with Gasteiger partial charge >= 0.3 is 0 Å². The molecule has 6 heteroatoms. The van der Waals surface area contributed by atoms with Crippen molar-refractivity contribution in [3.05, 3.63) is 64.7 Å². The van der Waals surface area contributed by atoms with Gasteiger partial charge in [0, 0.05) is 30.2 Å². The lowest BCUT2D eigenvalue weighted by molar-refractivity contribution is -0.117. The fourth-order valence-electron chi connectivity index (χ4n) is 3.37. The van der Waals surface area contributed by atoms with Gasteiger partial charge in [-0.3, -0.25) is 4.79 Å². The highest BCUT2D eigenvalue weighted by molar-refractivity contribution is 6.30. The van der Waals surface area contributed by atoms with Crippen LogP contribution >= 0.6 is 11.6 Å². The summed E-state index contributed by atoms with van der Waals surface area (Å²) in [5.41, 5.74) is 3.71. The van der Waals surface area contributed by atoms with Gasteiger partial charge in [0.25, 0.3) is 5.91 Å². The number of nitrogens with one attached hydrogen (secondary N) is 1. The van der Waals surface area contributed by atoms with E-state index in [2.05, 4.69) is 5.32 Å². The Balaban J connectivity index is 2.13. The van der Waals surface area contributed by atoms with Crippen molar-refractivity contribution in [1.82, 2.24) is 10.3 Å². The lowest BCUT2D eigenvalue weighted by atomic mass is 9.97. The first kappa shape index (κ1) is 20.3. The number of fused-ring (bicyclic) bond motifs is 1. The Morgan fingerprint density at radius 1 is 1.11 bits per heavy atom. The van der Waals surface area contributed by atoms with Gasteiger partial charge in [-0.1, -0.05) is 41.9 Å². The van der Waals surface area contributed by atoms with Crippen LogP contribution in [-0.4, -0.2) is 37.4 Å². The molecule has 0 radical (unpaired) electrons. The second-order valence-corrected chi connectivity index (χ2v) is 7.03. The monoisotopic (exact) mass is 398 g/mol. The zero-order valence-electron chi connectivity index (χ0n) is 16.3. The molecule has 0 unspecified atom stereocenters. The van der Waals surface area contributed by atoms with Gasteiger partial charge in [0.15, 0.2) is 6.29 Å². The molecule has 0 bridgehead atoms. The minimum Gasteiger partial charge on any atom is -0.354 e.